The summed E-state index contributed by atoms with van der Waals surface area (Å²) in [4.78, 5) is 16.9. The summed E-state index contributed by atoms with van der Waals surface area (Å²) in [5.74, 6) is 0.719. The van der Waals surface area contributed by atoms with Crippen LogP contribution in [0.2, 0.25) is 10.0 Å². The highest BCUT2D eigenvalue weighted by Gasteiger charge is 2.12. The normalized spacial score (nSPS) is 10.8. The molecule has 10 heteroatoms. The monoisotopic (exact) mass is 512 g/mol. The van der Waals surface area contributed by atoms with Crippen LogP contribution in [0.5, 0.6) is 0 Å². The highest BCUT2D eigenvalue weighted by molar-refractivity contribution is 6.36. The highest BCUT2D eigenvalue weighted by atomic mass is 35.5. The number of anilines is 3. The zero-order chi connectivity index (χ0) is 25.1. The molecule has 0 bridgehead atoms. The first-order valence-corrected chi connectivity index (χ1v) is 11.8. The number of carbonyl (C=O) groups excluding carboxylic acids is 1. The fraction of sp³-hybridized carbons (Fsp3) is 0.0385. The van der Waals surface area contributed by atoms with Gasteiger partial charge in [0.25, 0.3) is 0 Å². The predicted molar refractivity (Wildman–Crippen MR) is 147 cm³/mol. The van der Waals surface area contributed by atoms with Crippen LogP contribution in [0.3, 0.4) is 0 Å². The van der Waals surface area contributed by atoms with Crippen LogP contribution < -0.4 is 21.4 Å². The van der Waals surface area contributed by atoms with E-state index in [0.29, 0.717) is 44.8 Å². The van der Waals surface area contributed by atoms with Crippen molar-refractivity contribution in [2.75, 3.05) is 16.0 Å². The lowest BCUT2D eigenvalue weighted by molar-refractivity contribution is 0.262. The molecule has 176 valence electrons. The maximum absolute atomic E-state index is 12.3. The van der Waals surface area contributed by atoms with E-state index in [-0.39, 0.29) is 6.03 Å². The minimum Gasteiger partial charge on any atom is -0.366 e. The number of carbonyl (C=O) groups is 1. The van der Waals surface area contributed by atoms with Crippen LogP contribution in [0, 0.1) is 0 Å². The molecule has 0 spiro atoms. The zero-order valence-electron chi connectivity index (χ0n) is 18.9. The molecule has 0 atom stereocenters. The standard InChI is InChI=1S/C26H19BCl2N6O/c27-21-15-31-35-24(13-23(34-25(21)35)20-3-1-2-4-22(20)29)30-14-16-5-9-18(10-6-16)32-26(36)33-19-11-7-17(28)8-12-19/h1-13,15,30H,14H2,(H2,32,33,36). The maximum atomic E-state index is 12.3. The number of amides is 2. The van der Waals surface area contributed by atoms with E-state index in [0.717, 1.165) is 16.9 Å². The Morgan fingerprint density at radius 2 is 1.58 bits per heavy atom. The summed E-state index contributed by atoms with van der Waals surface area (Å²) in [6.07, 6.45) is 1.57. The quantitative estimate of drug-likeness (QED) is 0.253. The first kappa shape index (κ1) is 23.7. The van der Waals surface area contributed by atoms with Crippen LogP contribution in [0.15, 0.2) is 85.1 Å². The first-order chi connectivity index (χ1) is 17.5. The second-order valence-corrected chi connectivity index (χ2v) is 8.82. The Labute approximate surface area is 218 Å². The van der Waals surface area contributed by atoms with Gasteiger partial charge in [0.05, 0.1) is 5.69 Å². The number of nitrogens with zero attached hydrogens (tertiary/aromatic N) is 3. The smallest absolute Gasteiger partial charge is 0.323 e. The lowest BCUT2D eigenvalue weighted by Gasteiger charge is -2.12. The van der Waals surface area contributed by atoms with Gasteiger partial charge in [0.1, 0.15) is 13.7 Å². The molecule has 2 aromatic heterocycles. The van der Waals surface area contributed by atoms with Gasteiger partial charge in [0.2, 0.25) is 0 Å². The number of benzene rings is 3. The molecule has 7 nitrogen and oxygen atoms in total. The number of nitrogens with one attached hydrogen (secondary N) is 3. The molecule has 2 heterocycles. The van der Waals surface area contributed by atoms with E-state index in [4.69, 9.17) is 31.0 Å². The van der Waals surface area contributed by atoms with Crippen molar-refractivity contribution in [3.8, 4) is 11.3 Å². The van der Waals surface area contributed by atoms with Crippen LogP contribution in [0.1, 0.15) is 5.56 Å². The molecule has 5 aromatic rings. The molecule has 0 saturated heterocycles. The molecule has 2 amide bonds. The number of rotatable bonds is 6. The van der Waals surface area contributed by atoms with Gasteiger partial charge in [-0.15, -0.1) is 0 Å². The summed E-state index contributed by atoms with van der Waals surface area (Å²) in [6, 6.07) is 23.5. The maximum Gasteiger partial charge on any atom is 0.323 e. The Bertz CT molecular complexity index is 1540. The van der Waals surface area contributed by atoms with Crippen molar-refractivity contribution in [1.82, 2.24) is 14.6 Å². The van der Waals surface area contributed by atoms with Crippen LogP contribution in [0.25, 0.3) is 16.9 Å². The number of urea groups is 1. The van der Waals surface area contributed by atoms with Crippen molar-refractivity contribution in [2.24, 2.45) is 0 Å². The third-order valence-electron chi connectivity index (χ3n) is 5.44. The van der Waals surface area contributed by atoms with Crippen molar-refractivity contribution < 1.29 is 4.79 Å². The fourth-order valence-corrected chi connectivity index (χ4v) is 4.00. The minimum absolute atomic E-state index is 0.342. The average Bonchev–Trinajstić information content (AvgIpc) is 3.26. The van der Waals surface area contributed by atoms with E-state index in [1.54, 1.807) is 35.0 Å². The molecule has 0 fully saturated rings. The predicted octanol–water partition coefficient (Wildman–Crippen LogP) is 5.75. The molecule has 0 aliphatic rings. The topological polar surface area (TPSA) is 83.3 Å². The summed E-state index contributed by atoms with van der Waals surface area (Å²) < 4.78 is 1.66. The molecule has 5 rings (SSSR count). The summed E-state index contributed by atoms with van der Waals surface area (Å²) in [7, 11) is 6.10. The van der Waals surface area contributed by atoms with Crippen LogP contribution >= 0.6 is 23.2 Å². The van der Waals surface area contributed by atoms with E-state index < -0.39 is 0 Å². The SMILES string of the molecule is [B]c1cnn2c(NCc3ccc(NC(=O)Nc4ccc(Cl)cc4)cc3)cc(-c3ccccc3Cl)nc12. The van der Waals surface area contributed by atoms with Gasteiger partial charge in [-0.05, 0) is 53.5 Å². The lowest BCUT2D eigenvalue weighted by atomic mass is 10.0. The fourth-order valence-electron chi connectivity index (χ4n) is 3.64. The number of aromatic nitrogens is 3. The van der Waals surface area contributed by atoms with Gasteiger partial charge >= 0.3 is 6.03 Å². The Balaban J connectivity index is 1.29. The summed E-state index contributed by atoms with van der Waals surface area (Å²) >= 11 is 12.3. The van der Waals surface area contributed by atoms with Gasteiger partial charge in [-0.1, -0.05) is 53.5 Å². The number of hydrogen-bond acceptors (Lipinski definition) is 4. The van der Waals surface area contributed by atoms with Gasteiger partial charge in [-0.25, -0.2) is 9.78 Å². The number of fused-ring (bicyclic) bond motifs is 1. The molecule has 0 aliphatic carbocycles. The summed E-state index contributed by atoms with van der Waals surface area (Å²) in [5.41, 5.74) is 4.82. The molecule has 0 saturated carbocycles. The number of hydrogen-bond donors (Lipinski definition) is 3. The van der Waals surface area contributed by atoms with Crippen LogP contribution in [-0.4, -0.2) is 28.5 Å². The van der Waals surface area contributed by atoms with Crippen LogP contribution in [0.4, 0.5) is 22.0 Å². The van der Waals surface area contributed by atoms with E-state index in [2.05, 4.69) is 26.0 Å². The molecule has 3 N–H and O–H groups in total. The Morgan fingerprint density at radius 1 is 0.917 bits per heavy atom. The summed E-state index contributed by atoms with van der Waals surface area (Å²) in [6.45, 7) is 0.512. The van der Waals surface area contributed by atoms with Gasteiger partial charge < -0.3 is 16.0 Å². The number of halogens is 2. The van der Waals surface area contributed by atoms with Crippen molar-refractivity contribution >= 4 is 65.4 Å². The van der Waals surface area contributed by atoms with E-state index >= 15 is 0 Å². The third-order valence-corrected chi connectivity index (χ3v) is 6.02. The second kappa shape index (κ2) is 10.3. The Morgan fingerprint density at radius 3 is 2.28 bits per heavy atom. The van der Waals surface area contributed by atoms with Gasteiger partial charge in [-0.3, -0.25) is 0 Å². The van der Waals surface area contributed by atoms with E-state index in [1.165, 1.54) is 0 Å². The molecule has 3 aromatic carbocycles. The molecule has 36 heavy (non-hydrogen) atoms. The molecular formula is C26H19BCl2N6O. The molecule has 0 unspecified atom stereocenters. The van der Waals surface area contributed by atoms with Gasteiger partial charge in [0.15, 0.2) is 5.65 Å². The van der Waals surface area contributed by atoms with Crippen molar-refractivity contribution in [3.63, 3.8) is 0 Å². The van der Waals surface area contributed by atoms with Crippen molar-refractivity contribution in [3.05, 3.63) is 101 Å². The average molecular weight is 513 g/mol. The third kappa shape index (κ3) is 5.30. The van der Waals surface area contributed by atoms with Gasteiger partial charge in [0, 0.05) is 45.8 Å². The molecular weight excluding hydrogens is 494 g/mol. The van der Waals surface area contributed by atoms with E-state index in [9.17, 15) is 4.79 Å². The zero-order valence-corrected chi connectivity index (χ0v) is 20.4. The Kier molecular flexibility index (Phi) is 6.80. The lowest BCUT2D eigenvalue weighted by Crippen LogP contribution is -2.19. The van der Waals surface area contributed by atoms with Crippen molar-refractivity contribution in [2.45, 2.75) is 6.54 Å². The Hall–Kier alpha value is -4.01. The van der Waals surface area contributed by atoms with Crippen molar-refractivity contribution in [1.29, 1.82) is 0 Å². The van der Waals surface area contributed by atoms with E-state index in [1.807, 2.05) is 54.6 Å². The van der Waals surface area contributed by atoms with Crippen LogP contribution in [-0.2, 0) is 6.54 Å². The van der Waals surface area contributed by atoms with Gasteiger partial charge in [-0.2, -0.15) is 9.61 Å². The summed E-state index contributed by atoms with van der Waals surface area (Å²) in [5, 5.41) is 14.5. The molecule has 0 aliphatic heterocycles. The molecule has 2 radical (unpaired) electrons. The minimum atomic E-state index is -0.342. The largest absolute Gasteiger partial charge is 0.366 e. The highest BCUT2D eigenvalue weighted by Crippen LogP contribution is 2.28. The first-order valence-electron chi connectivity index (χ1n) is 11.0. The second-order valence-electron chi connectivity index (χ2n) is 7.98.